The van der Waals surface area contributed by atoms with E-state index in [4.69, 9.17) is 0 Å². The van der Waals surface area contributed by atoms with Crippen LogP contribution in [0.3, 0.4) is 0 Å². The Morgan fingerprint density at radius 2 is 1.74 bits per heavy atom. The molecule has 0 spiro atoms. The summed E-state index contributed by atoms with van der Waals surface area (Å²) in [5.74, 6) is 1.69. The van der Waals surface area contributed by atoms with Gasteiger partial charge in [0.05, 0.1) is 5.75 Å². The molecule has 1 fully saturated rings. The number of nitrogens with one attached hydrogen (secondary N) is 2. The second-order valence-corrected chi connectivity index (χ2v) is 8.21. The molecule has 1 aliphatic rings. The molecule has 2 N–H and O–H groups in total. The molecule has 0 aromatic heterocycles. The lowest BCUT2D eigenvalue weighted by Gasteiger charge is -2.19. The Morgan fingerprint density at radius 3 is 2.30 bits per heavy atom. The molecular formula is C16H34N4O2S. The zero-order valence-corrected chi connectivity index (χ0v) is 15.8. The van der Waals surface area contributed by atoms with Crippen LogP contribution in [0.15, 0.2) is 4.99 Å². The van der Waals surface area contributed by atoms with Gasteiger partial charge < -0.3 is 10.6 Å². The third-order valence-electron chi connectivity index (χ3n) is 4.53. The van der Waals surface area contributed by atoms with Crippen LogP contribution < -0.4 is 10.6 Å². The fourth-order valence-corrected chi connectivity index (χ4v) is 4.57. The highest BCUT2D eigenvalue weighted by Crippen LogP contribution is 2.28. The van der Waals surface area contributed by atoms with Crippen molar-refractivity contribution in [3.05, 3.63) is 0 Å². The van der Waals surface area contributed by atoms with Gasteiger partial charge in [-0.3, -0.25) is 4.99 Å². The first-order valence-corrected chi connectivity index (χ1v) is 10.6. The van der Waals surface area contributed by atoms with Gasteiger partial charge in [0, 0.05) is 33.2 Å². The lowest BCUT2D eigenvalue weighted by molar-refractivity contribution is 0.445. The smallest absolute Gasteiger partial charge is 0.215 e. The van der Waals surface area contributed by atoms with Gasteiger partial charge in [-0.2, -0.15) is 0 Å². The van der Waals surface area contributed by atoms with Crippen LogP contribution in [0.5, 0.6) is 0 Å². The fourth-order valence-electron chi connectivity index (χ4n) is 3.16. The average Bonchev–Trinajstić information content (AvgIpc) is 3.03. The summed E-state index contributed by atoms with van der Waals surface area (Å²) in [6.07, 6.45) is 7.97. The van der Waals surface area contributed by atoms with E-state index in [-0.39, 0.29) is 5.75 Å². The van der Waals surface area contributed by atoms with Gasteiger partial charge >= 0.3 is 0 Å². The molecule has 0 aromatic rings. The highest BCUT2D eigenvalue weighted by atomic mass is 32.2. The Balaban J connectivity index is 2.20. The van der Waals surface area contributed by atoms with Crippen molar-refractivity contribution in [1.29, 1.82) is 0 Å². The van der Waals surface area contributed by atoms with Crippen LogP contribution in [-0.2, 0) is 10.0 Å². The lowest BCUT2D eigenvalue weighted by Crippen LogP contribution is -2.42. The predicted molar refractivity (Wildman–Crippen MR) is 97.3 cm³/mol. The maximum Gasteiger partial charge on any atom is 0.215 e. The molecule has 136 valence electrons. The summed E-state index contributed by atoms with van der Waals surface area (Å²) in [6.45, 7) is 6.03. The van der Waals surface area contributed by atoms with E-state index >= 15 is 0 Å². The van der Waals surface area contributed by atoms with E-state index in [0.29, 0.717) is 25.6 Å². The SMILES string of the molecule is CCN(CC)S(=O)(=O)CCNC(=NC)NCCCC1CCCC1. The zero-order chi connectivity index (χ0) is 17.1. The van der Waals surface area contributed by atoms with Crippen molar-refractivity contribution < 1.29 is 8.42 Å². The number of hydrogen-bond donors (Lipinski definition) is 2. The average molecular weight is 347 g/mol. The minimum Gasteiger partial charge on any atom is -0.356 e. The Morgan fingerprint density at radius 1 is 1.13 bits per heavy atom. The minimum atomic E-state index is -3.17. The first kappa shape index (κ1) is 20.2. The van der Waals surface area contributed by atoms with Crippen LogP contribution in [0.1, 0.15) is 52.4 Å². The van der Waals surface area contributed by atoms with Gasteiger partial charge in [-0.1, -0.05) is 39.5 Å². The van der Waals surface area contributed by atoms with Gasteiger partial charge in [-0.05, 0) is 18.8 Å². The maximum absolute atomic E-state index is 12.1. The van der Waals surface area contributed by atoms with Crippen molar-refractivity contribution in [2.24, 2.45) is 10.9 Å². The van der Waals surface area contributed by atoms with E-state index in [9.17, 15) is 8.42 Å². The van der Waals surface area contributed by atoms with E-state index < -0.39 is 10.0 Å². The van der Waals surface area contributed by atoms with Gasteiger partial charge in [-0.25, -0.2) is 12.7 Å². The summed E-state index contributed by atoms with van der Waals surface area (Å²) in [6, 6.07) is 0. The molecule has 1 saturated carbocycles. The van der Waals surface area contributed by atoms with Gasteiger partial charge in [0.2, 0.25) is 10.0 Å². The Kier molecular flexibility index (Phi) is 9.55. The van der Waals surface area contributed by atoms with Crippen LogP contribution in [0, 0.1) is 5.92 Å². The van der Waals surface area contributed by atoms with Crippen molar-refractivity contribution in [3.8, 4) is 0 Å². The summed E-state index contributed by atoms with van der Waals surface area (Å²) in [5, 5.41) is 6.36. The van der Waals surface area contributed by atoms with E-state index in [2.05, 4.69) is 15.6 Å². The summed E-state index contributed by atoms with van der Waals surface area (Å²) >= 11 is 0. The molecule has 0 atom stereocenters. The minimum absolute atomic E-state index is 0.0947. The van der Waals surface area contributed by atoms with Crippen molar-refractivity contribution in [1.82, 2.24) is 14.9 Å². The monoisotopic (exact) mass is 346 g/mol. The zero-order valence-electron chi connectivity index (χ0n) is 15.0. The first-order valence-electron chi connectivity index (χ1n) is 8.95. The first-order chi connectivity index (χ1) is 11.0. The molecule has 0 bridgehead atoms. The molecule has 0 heterocycles. The summed E-state index contributed by atoms with van der Waals surface area (Å²) in [7, 11) is -1.46. The Hall–Kier alpha value is -0.820. The van der Waals surface area contributed by atoms with E-state index in [0.717, 1.165) is 18.9 Å². The second kappa shape index (κ2) is 10.9. The van der Waals surface area contributed by atoms with Crippen LogP contribution in [0.4, 0.5) is 0 Å². The largest absolute Gasteiger partial charge is 0.356 e. The number of aliphatic imine (C=N–C) groups is 1. The highest BCUT2D eigenvalue weighted by Gasteiger charge is 2.18. The molecule has 0 saturated heterocycles. The molecular weight excluding hydrogens is 312 g/mol. The quantitative estimate of drug-likeness (QED) is 0.359. The van der Waals surface area contributed by atoms with Crippen molar-refractivity contribution in [2.75, 3.05) is 39.0 Å². The molecule has 0 unspecified atom stereocenters. The second-order valence-electron chi connectivity index (χ2n) is 6.12. The molecule has 0 aromatic carbocycles. The topological polar surface area (TPSA) is 73.8 Å². The molecule has 1 rings (SSSR count). The normalized spacial score (nSPS) is 17.0. The fraction of sp³-hybridized carbons (Fsp3) is 0.938. The summed E-state index contributed by atoms with van der Waals surface area (Å²) in [4.78, 5) is 4.15. The molecule has 0 aliphatic heterocycles. The Labute approximate surface area is 142 Å². The summed E-state index contributed by atoms with van der Waals surface area (Å²) in [5.41, 5.74) is 0. The molecule has 6 nitrogen and oxygen atoms in total. The number of guanidine groups is 1. The number of rotatable bonds is 10. The molecule has 23 heavy (non-hydrogen) atoms. The van der Waals surface area contributed by atoms with Crippen LogP contribution in [0.25, 0.3) is 0 Å². The van der Waals surface area contributed by atoms with Gasteiger partial charge in [-0.15, -0.1) is 0 Å². The van der Waals surface area contributed by atoms with E-state index in [1.807, 2.05) is 13.8 Å². The maximum atomic E-state index is 12.1. The van der Waals surface area contributed by atoms with Crippen LogP contribution in [0.2, 0.25) is 0 Å². The third kappa shape index (κ3) is 7.52. The third-order valence-corrected chi connectivity index (χ3v) is 6.55. The standard InChI is InChI=1S/C16H34N4O2S/c1-4-20(5-2)23(21,22)14-13-19-16(17-3)18-12-8-11-15-9-6-7-10-15/h15H,4-14H2,1-3H3,(H2,17,18,19). The van der Waals surface area contributed by atoms with E-state index in [1.54, 1.807) is 7.05 Å². The van der Waals surface area contributed by atoms with Gasteiger partial charge in [0.1, 0.15) is 0 Å². The summed E-state index contributed by atoms with van der Waals surface area (Å²) < 4.78 is 25.7. The van der Waals surface area contributed by atoms with Crippen molar-refractivity contribution in [2.45, 2.75) is 52.4 Å². The highest BCUT2D eigenvalue weighted by molar-refractivity contribution is 7.89. The van der Waals surface area contributed by atoms with Crippen molar-refractivity contribution >= 4 is 16.0 Å². The lowest BCUT2D eigenvalue weighted by atomic mass is 10.0. The number of nitrogens with zero attached hydrogens (tertiary/aromatic N) is 2. The predicted octanol–water partition coefficient (Wildman–Crippen LogP) is 1.79. The molecule has 0 amide bonds. The number of hydrogen-bond acceptors (Lipinski definition) is 3. The van der Waals surface area contributed by atoms with Crippen LogP contribution in [-0.4, -0.2) is 57.7 Å². The molecule has 0 radical (unpaired) electrons. The van der Waals surface area contributed by atoms with Crippen molar-refractivity contribution in [3.63, 3.8) is 0 Å². The molecule has 1 aliphatic carbocycles. The molecule has 7 heteroatoms. The number of sulfonamides is 1. The van der Waals surface area contributed by atoms with Gasteiger partial charge in [0.25, 0.3) is 0 Å². The Bertz CT molecular complexity index is 441. The van der Waals surface area contributed by atoms with Gasteiger partial charge in [0.15, 0.2) is 5.96 Å². The van der Waals surface area contributed by atoms with E-state index in [1.165, 1.54) is 36.4 Å². The van der Waals surface area contributed by atoms with Crippen LogP contribution >= 0.6 is 0 Å².